The molecule has 0 radical (unpaired) electrons. The van der Waals surface area contributed by atoms with Gasteiger partial charge in [-0.25, -0.2) is 10.4 Å². The van der Waals surface area contributed by atoms with Gasteiger partial charge in [0.1, 0.15) is 17.4 Å². The van der Waals surface area contributed by atoms with E-state index in [0.29, 0.717) is 28.3 Å². The number of carbonyl (C=O) groups is 2. The third kappa shape index (κ3) is 8.15. The standard InChI is InChI=1S/C28H29N5O5/c1-18-8-9-23(10-19(18)2)32-26(34)16-37-24-7-5-6-21(12-24)14-30-33-27(35)17-38-28-25(13-29)22(15-36-4)11-20(3)31-28/h5-12,14H,15-17H2,1-4H3,(H,32,34)(H,33,35)/b30-14+. The first-order valence-electron chi connectivity index (χ1n) is 11.7. The van der Waals surface area contributed by atoms with E-state index in [-0.39, 0.29) is 37.2 Å². The largest absolute Gasteiger partial charge is 0.484 e. The molecule has 0 fully saturated rings. The van der Waals surface area contributed by atoms with Gasteiger partial charge in [-0.15, -0.1) is 0 Å². The van der Waals surface area contributed by atoms with Crippen LogP contribution in [0.25, 0.3) is 0 Å². The van der Waals surface area contributed by atoms with E-state index in [0.717, 1.165) is 11.1 Å². The average Bonchev–Trinajstić information content (AvgIpc) is 2.89. The zero-order chi connectivity index (χ0) is 27.5. The van der Waals surface area contributed by atoms with Crippen molar-refractivity contribution in [1.29, 1.82) is 5.26 Å². The number of benzene rings is 2. The van der Waals surface area contributed by atoms with Gasteiger partial charge in [-0.3, -0.25) is 9.59 Å². The van der Waals surface area contributed by atoms with Gasteiger partial charge >= 0.3 is 0 Å². The number of hydrogen-bond donors (Lipinski definition) is 2. The number of methoxy groups -OCH3 is 1. The molecule has 10 nitrogen and oxygen atoms in total. The molecule has 0 unspecified atom stereocenters. The highest BCUT2D eigenvalue weighted by molar-refractivity contribution is 5.92. The van der Waals surface area contributed by atoms with Gasteiger partial charge < -0.3 is 19.5 Å². The summed E-state index contributed by atoms with van der Waals surface area (Å²) in [5, 5.41) is 16.2. The highest BCUT2D eigenvalue weighted by Gasteiger charge is 2.14. The minimum Gasteiger partial charge on any atom is -0.484 e. The summed E-state index contributed by atoms with van der Waals surface area (Å²) in [5.41, 5.74) is 7.43. The second kappa shape index (κ2) is 13.5. The molecule has 1 aromatic heterocycles. The second-order valence-corrected chi connectivity index (χ2v) is 8.44. The maximum absolute atomic E-state index is 12.2. The van der Waals surface area contributed by atoms with E-state index in [4.69, 9.17) is 14.2 Å². The summed E-state index contributed by atoms with van der Waals surface area (Å²) in [6, 6.07) is 16.4. The number of amides is 2. The molecule has 196 valence electrons. The number of nitriles is 1. The van der Waals surface area contributed by atoms with Crippen LogP contribution in [0.15, 0.2) is 53.6 Å². The Labute approximate surface area is 221 Å². The zero-order valence-electron chi connectivity index (χ0n) is 21.7. The van der Waals surface area contributed by atoms with Crippen molar-refractivity contribution in [3.05, 3.63) is 82.0 Å². The van der Waals surface area contributed by atoms with Crippen molar-refractivity contribution in [2.75, 3.05) is 25.6 Å². The SMILES string of the molecule is COCc1cc(C)nc(OCC(=O)N/N=C/c2cccc(OCC(=O)Nc3ccc(C)c(C)c3)c2)c1C#N. The van der Waals surface area contributed by atoms with Crippen LogP contribution in [-0.4, -0.2) is 43.3 Å². The lowest BCUT2D eigenvalue weighted by Crippen LogP contribution is -2.25. The van der Waals surface area contributed by atoms with E-state index in [2.05, 4.69) is 20.8 Å². The van der Waals surface area contributed by atoms with Crippen molar-refractivity contribution in [3.63, 3.8) is 0 Å². The number of anilines is 1. The van der Waals surface area contributed by atoms with E-state index >= 15 is 0 Å². The lowest BCUT2D eigenvalue weighted by atomic mass is 10.1. The number of hydrazone groups is 1. The van der Waals surface area contributed by atoms with Crippen LogP contribution in [0.4, 0.5) is 5.69 Å². The quantitative estimate of drug-likeness (QED) is 0.294. The molecule has 2 aromatic carbocycles. The Bertz CT molecular complexity index is 1380. The normalized spacial score (nSPS) is 10.6. The predicted octanol–water partition coefficient (Wildman–Crippen LogP) is 3.57. The second-order valence-electron chi connectivity index (χ2n) is 8.44. The van der Waals surface area contributed by atoms with Crippen molar-refractivity contribution >= 4 is 23.7 Å². The maximum atomic E-state index is 12.2. The Hall–Kier alpha value is -4.75. The molecular formula is C28H29N5O5. The summed E-state index contributed by atoms with van der Waals surface area (Å²) in [6.45, 7) is 5.42. The Balaban J connectivity index is 1.50. The monoisotopic (exact) mass is 515 g/mol. The van der Waals surface area contributed by atoms with Crippen LogP contribution >= 0.6 is 0 Å². The minimum atomic E-state index is -0.530. The molecule has 10 heteroatoms. The lowest BCUT2D eigenvalue weighted by Gasteiger charge is -2.10. The number of carbonyl (C=O) groups excluding carboxylic acids is 2. The zero-order valence-corrected chi connectivity index (χ0v) is 21.7. The molecule has 0 spiro atoms. The van der Waals surface area contributed by atoms with Crippen molar-refractivity contribution in [2.45, 2.75) is 27.4 Å². The third-order valence-corrected chi connectivity index (χ3v) is 5.37. The van der Waals surface area contributed by atoms with Crippen molar-refractivity contribution in [3.8, 4) is 17.7 Å². The van der Waals surface area contributed by atoms with Crippen LogP contribution in [0.5, 0.6) is 11.6 Å². The van der Waals surface area contributed by atoms with Crippen LogP contribution < -0.4 is 20.2 Å². The van der Waals surface area contributed by atoms with Gasteiger partial charge in [0.25, 0.3) is 11.8 Å². The van der Waals surface area contributed by atoms with Gasteiger partial charge in [-0.2, -0.15) is 10.4 Å². The molecule has 2 amide bonds. The summed E-state index contributed by atoms with van der Waals surface area (Å²) in [5.74, 6) is -0.279. The van der Waals surface area contributed by atoms with Crippen molar-refractivity contribution < 1.29 is 23.8 Å². The van der Waals surface area contributed by atoms with Gasteiger partial charge in [0.15, 0.2) is 13.2 Å². The first-order chi connectivity index (χ1) is 18.3. The molecule has 0 aliphatic carbocycles. The molecule has 3 aromatic rings. The van der Waals surface area contributed by atoms with Gasteiger partial charge in [-0.1, -0.05) is 18.2 Å². The van der Waals surface area contributed by atoms with Crippen molar-refractivity contribution in [2.24, 2.45) is 5.10 Å². The van der Waals surface area contributed by atoms with Crippen LogP contribution in [-0.2, 0) is 20.9 Å². The molecule has 0 atom stereocenters. The Morgan fingerprint density at radius 3 is 2.55 bits per heavy atom. The molecule has 2 N–H and O–H groups in total. The number of aryl methyl sites for hydroxylation is 3. The van der Waals surface area contributed by atoms with Crippen LogP contribution in [0.3, 0.4) is 0 Å². The third-order valence-electron chi connectivity index (χ3n) is 5.37. The average molecular weight is 516 g/mol. The van der Waals surface area contributed by atoms with Crippen LogP contribution in [0.2, 0.25) is 0 Å². The smallest absolute Gasteiger partial charge is 0.278 e. The van der Waals surface area contributed by atoms with Gasteiger partial charge in [-0.05, 0) is 67.8 Å². The Morgan fingerprint density at radius 1 is 1.03 bits per heavy atom. The highest BCUT2D eigenvalue weighted by atomic mass is 16.5. The number of pyridine rings is 1. The molecule has 0 bridgehead atoms. The number of nitrogens with zero attached hydrogens (tertiary/aromatic N) is 3. The lowest BCUT2D eigenvalue weighted by molar-refractivity contribution is -0.123. The summed E-state index contributed by atoms with van der Waals surface area (Å²) < 4.78 is 16.1. The van der Waals surface area contributed by atoms with E-state index in [1.165, 1.54) is 13.3 Å². The maximum Gasteiger partial charge on any atom is 0.278 e. The summed E-state index contributed by atoms with van der Waals surface area (Å²) >= 11 is 0. The van der Waals surface area contributed by atoms with Gasteiger partial charge in [0.2, 0.25) is 5.88 Å². The fourth-order valence-corrected chi connectivity index (χ4v) is 3.40. The summed E-state index contributed by atoms with van der Waals surface area (Å²) in [4.78, 5) is 28.6. The number of aromatic nitrogens is 1. The van der Waals surface area contributed by atoms with E-state index in [1.807, 2.05) is 38.1 Å². The topological polar surface area (TPSA) is 135 Å². The molecule has 1 heterocycles. The summed E-state index contributed by atoms with van der Waals surface area (Å²) in [6.07, 6.45) is 1.43. The molecule has 38 heavy (non-hydrogen) atoms. The highest BCUT2D eigenvalue weighted by Crippen LogP contribution is 2.21. The molecule has 0 saturated heterocycles. The fourth-order valence-electron chi connectivity index (χ4n) is 3.40. The van der Waals surface area contributed by atoms with Crippen molar-refractivity contribution in [1.82, 2.24) is 10.4 Å². The first kappa shape index (κ1) is 27.8. The molecule has 0 aliphatic rings. The molecule has 0 saturated carbocycles. The minimum absolute atomic E-state index is 0.0603. The molecule has 3 rings (SSSR count). The van der Waals surface area contributed by atoms with E-state index < -0.39 is 5.91 Å². The molecule has 0 aliphatic heterocycles. The van der Waals surface area contributed by atoms with Gasteiger partial charge in [0, 0.05) is 24.1 Å². The fraction of sp³-hybridized carbons (Fsp3) is 0.250. The summed E-state index contributed by atoms with van der Waals surface area (Å²) in [7, 11) is 1.52. The van der Waals surface area contributed by atoms with Gasteiger partial charge in [0.05, 0.1) is 12.8 Å². The number of nitrogens with one attached hydrogen (secondary N) is 2. The number of hydrogen-bond acceptors (Lipinski definition) is 8. The predicted molar refractivity (Wildman–Crippen MR) is 142 cm³/mol. The number of ether oxygens (including phenoxy) is 3. The molecular weight excluding hydrogens is 486 g/mol. The van der Waals surface area contributed by atoms with Crippen LogP contribution in [0, 0.1) is 32.1 Å². The van der Waals surface area contributed by atoms with E-state index in [9.17, 15) is 14.9 Å². The Kier molecular flexibility index (Phi) is 9.91. The first-order valence-corrected chi connectivity index (χ1v) is 11.7. The Morgan fingerprint density at radius 2 is 1.82 bits per heavy atom. The number of rotatable bonds is 11. The van der Waals surface area contributed by atoms with E-state index in [1.54, 1.807) is 37.3 Å². The van der Waals surface area contributed by atoms with Crippen LogP contribution in [0.1, 0.15) is 33.5 Å².